The summed E-state index contributed by atoms with van der Waals surface area (Å²) in [6.07, 6.45) is 1.78. The van der Waals surface area contributed by atoms with Crippen molar-refractivity contribution in [2.75, 3.05) is 13.6 Å². The zero-order chi connectivity index (χ0) is 21.8. The molecule has 0 radical (unpaired) electrons. The predicted molar refractivity (Wildman–Crippen MR) is 111 cm³/mol. The largest absolute Gasteiger partial charge is 0.480 e. The number of hydrogen-bond donors (Lipinski definition) is 3. The highest BCUT2D eigenvalue weighted by Crippen LogP contribution is 2.20. The predicted octanol–water partition coefficient (Wildman–Crippen LogP) is 2.82. The molecule has 0 bridgehead atoms. The third-order valence-electron chi connectivity index (χ3n) is 3.36. The number of aliphatic carboxylic acids is 1. The average Bonchev–Trinajstić information content (AvgIpc) is 3.31. The molecule has 4 N–H and O–H groups in total. The molecule has 3 rings (SSSR count). The van der Waals surface area contributed by atoms with Gasteiger partial charge in [0.05, 0.1) is 0 Å². The minimum atomic E-state index is -0.720. The number of ether oxygens (including phenoxy) is 1. The first kappa shape index (κ1) is 27.2. The number of benzene rings is 2. The van der Waals surface area contributed by atoms with Crippen LogP contribution in [0, 0.1) is 6.92 Å². The number of para-hydroxylation sites is 1. The van der Waals surface area contributed by atoms with Crippen molar-refractivity contribution >= 4 is 19.5 Å². The molecule has 154 valence electrons. The molecule has 1 fully saturated rings. The van der Waals surface area contributed by atoms with E-state index in [1.165, 1.54) is 12.6 Å². The zero-order valence-electron chi connectivity index (χ0n) is 16.5. The van der Waals surface area contributed by atoms with E-state index in [0.717, 1.165) is 30.9 Å². The maximum absolute atomic E-state index is 10.1. The van der Waals surface area contributed by atoms with Crippen molar-refractivity contribution in [2.24, 2.45) is 5.73 Å². The van der Waals surface area contributed by atoms with Gasteiger partial charge in [-0.1, -0.05) is 35.9 Å². The quantitative estimate of drug-likeness (QED) is 0.737. The van der Waals surface area contributed by atoms with Crippen LogP contribution in [0.25, 0.3) is 0 Å². The Kier molecular flexibility index (Phi) is 18.2. The van der Waals surface area contributed by atoms with Crippen LogP contribution in [0.15, 0.2) is 54.6 Å². The van der Waals surface area contributed by atoms with Crippen molar-refractivity contribution in [3.63, 3.8) is 0 Å². The van der Waals surface area contributed by atoms with Gasteiger partial charge in [0, 0.05) is 0 Å². The van der Waals surface area contributed by atoms with E-state index in [2.05, 4.69) is 18.0 Å². The summed E-state index contributed by atoms with van der Waals surface area (Å²) in [6.45, 7) is 6.92. The minimum absolute atomic E-state index is 0.269. The maximum atomic E-state index is 10.1. The van der Waals surface area contributed by atoms with Gasteiger partial charge in [0.25, 0.3) is 0 Å². The van der Waals surface area contributed by atoms with Gasteiger partial charge in [-0.05, 0) is 57.6 Å². The number of carboxylic acid groups (broad SMARTS) is 1. The summed E-state index contributed by atoms with van der Waals surface area (Å²) in [6, 6.07) is 17.5. The van der Waals surface area contributed by atoms with Gasteiger partial charge in [-0.15, -0.1) is 0 Å². The summed E-state index contributed by atoms with van der Waals surface area (Å²) in [5.74, 6) is 1.03. The summed E-state index contributed by atoms with van der Waals surface area (Å²) in [5, 5.41) is 11.2. The number of nitrogens with two attached hydrogens (primary N) is 1. The van der Waals surface area contributed by atoms with Gasteiger partial charge in [0.15, 0.2) is 0 Å². The number of nitrogens with one attached hydrogen (secondary N) is 1. The Hall–Kier alpha value is -3.03. The maximum Gasteiger partial charge on any atom is 0.320 e. The van der Waals surface area contributed by atoms with Gasteiger partial charge in [-0.2, -0.15) is 0 Å². The van der Waals surface area contributed by atoms with Crippen molar-refractivity contribution in [1.82, 2.24) is 5.32 Å². The highest BCUT2D eigenvalue weighted by Gasteiger charge is 2.20. The first-order valence-corrected chi connectivity index (χ1v) is 8.56. The molecule has 7 heteroatoms. The Labute approximate surface area is 166 Å². The van der Waals surface area contributed by atoms with Crippen LogP contribution in [0.3, 0.4) is 0 Å². The summed E-state index contributed by atoms with van der Waals surface area (Å²) in [7, 11) is 1.50. The molecule has 1 aliphatic heterocycles. The number of aryl methyl sites for hydroxylation is 1. The molecule has 7 nitrogen and oxygen atoms in total. The second kappa shape index (κ2) is 18.8. The normalized spacial score (nSPS) is 13.5. The molecule has 0 aromatic heterocycles. The number of rotatable bonds is 3. The van der Waals surface area contributed by atoms with Crippen LogP contribution in [0.5, 0.6) is 11.5 Å². The van der Waals surface area contributed by atoms with Crippen molar-refractivity contribution in [3.8, 4) is 11.5 Å². The molecule has 28 heavy (non-hydrogen) atoms. The molecule has 1 heterocycles. The Morgan fingerprint density at radius 3 is 1.89 bits per heavy atom. The Bertz CT molecular complexity index is 612. The second-order valence-electron chi connectivity index (χ2n) is 5.22. The molecule has 0 amide bonds. The van der Waals surface area contributed by atoms with Crippen LogP contribution in [-0.4, -0.2) is 44.3 Å². The molecule has 2 aromatic rings. The lowest BCUT2D eigenvalue weighted by molar-refractivity contribution is -0.139. The lowest BCUT2D eigenvalue weighted by Gasteiger charge is -2.04. The number of hydrogen-bond acceptors (Lipinski definition) is 6. The van der Waals surface area contributed by atoms with E-state index in [1.54, 1.807) is 0 Å². The Balaban J connectivity index is 0. The summed E-state index contributed by atoms with van der Waals surface area (Å²) >= 11 is 0. The average molecular weight is 390 g/mol. The molecular weight excluding hydrogens is 360 g/mol. The van der Waals surface area contributed by atoms with E-state index in [4.69, 9.17) is 19.4 Å². The van der Waals surface area contributed by atoms with E-state index in [1.807, 2.05) is 68.2 Å². The van der Waals surface area contributed by atoms with Gasteiger partial charge in [-0.25, -0.2) is 0 Å². The van der Waals surface area contributed by atoms with Gasteiger partial charge < -0.3 is 30.5 Å². The Morgan fingerprint density at radius 2 is 1.50 bits per heavy atom. The fraction of sp³-hybridized carbons (Fsp3) is 0.286. The molecule has 2 aromatic carbocycles. The van der Waals surface area contributed by atoms with Crippen LogP contribution >= 0.6 is 0 Å². The fourth-order valence-electron chi connectivity index (χ4n) is 2.13. The molecule has 0 spiro atoms. The topological polar surface area (TPSA) is 119 Å². The smallest absolute Gasteiger partial charge is 0.320 e. The van der Waals surface area contributed by atoms with Gasteiger partial charge in [0.1, 0.15) is 31.1 Å². The summed E-state index contributed by atoms with van der Waals surface area (Å²) in [5.41, 5.74) is 5.74. The highest BCUT2D eigenvalue weighted by atomic mass is 16.5. The summed E-state index contributed by atoms with van der Waals surface area (Å²) in [4.78, 5) is 26.1. The molecule has 1 aliphatic rings. The Morgan fingerprint density at radius 1 is 1.00 bits per heavy atom. The van der Waals surface area contributed by atoms with Crippen molar-refractivity contribution < 1.29 is 24.2 Å². The number of carboxylic acids is 1. The number of carbonyl (C=O) groups excluding carboxylic acids is 2. The van der Waals surface area contributed by atoms with E-state index in [0.29, 0.717) is 0 Å². The van der Waals surface area contributed by atoms with Crippen molar-refractivity contribution in [1.29, 1.82) is 0 Å². The van der Waals surface area contributed by atoms with Crippen LogP contribution in [0.2, 0.25) is 0 Å². The lowest BCUT2D eigenvalue weighted by atomic mass is 10.2. The highest BCUT2D eigenvalue weighted by molar-refractivity contribution is 5.73. The van der Waals surface area contributed by atoms with E-state index >= 15 is 0 Å². The third-order valence-corrected chi connectivity index (χ3v) is 3.36. The molecular formula is C21H30N2O5. The van der Waals surface area contributed by atoms with Crippen molar-refractivity contribution in [2.45, 2.75) is 25.8 Å². The third kappa shape index (κ3) is 12.3. The van der Waals surface area contributed by atoms with Crippen LogP contribution in [-0.2, 0) is 14.4 Å². The zero-order valence-corrected chi connectivity index (χ0v) is 16.5. The molecule has 1 atom stereocenters. The monoisotopic (exact) mass is 390 g/mol. The lowest BCUT2D eigenvalue weighted by Crippen LogP contribution is -2.29. The van der Waals surface area contributed by atoms with E-state index < -0.39 is 5.97 Å². The molecule has 1 saturated heterocycles. The SMILES string of the molecule is C=O.C=O.CN.Cc1ccc(Oc2ccccc2)cc1.O=C(O)C1CCCN1. The first-order chi connectivity index (χ1) is 13.6. The molecule has 1 unspecified atom stereocenters. The number of carbonyl (C=O) groups is 3. The first-order valence-electron chi connectivity index (χ1n) is 8.56. The second-order valence-corrected chi connectivity index (χ2v) is 5.22. The summed E-state index contributed by atoms with van der Waals surface area (Å²) < 4.78 is 5.63. The fourth-order valence-corrected chi connectivity index (χ4v) is 2.13. The van der Waals surface area contributed by atoms with Crippen molar-refractivity contribution in [3.05, 3.63) is 60.2 Å². The van der Waals surface area contributed by atoms with Gasteiger partial charge in [-0.3, -0.25) is 4.79 Å². The standard InChI is InChI=1S/C13H12O.C5H9NO2.CH5N.2CH2O/c1-11-7-9-13(10-8-11)14-12-5-3-2-4-6-12;7-5(8)4-2-1-3-6-4;3*1-2/h2-10H,1H3;4,6H,1-3H2,(H,7,8);2H2,1H3;2*1H2. The van der Waals surface area contributed by atoms with Crippen LogP contribution < -0.4 is 15.8 Å². The van der Waals surface area contributed by atoms with Crippen LogP contribution in [0.4, 0.5) is 0 Å². The van der Waals surface area contributed by atoms with Gasteiger partial charge >= 0.3 is 5.97 Å². The molecule has 0 saturated carbocycles. The van der Waals surface area contributed by atoms with Crippen LogP contribution in [0.1, 0.15) is 18.4 Å². The van der Waals surface area contributed by atoms with E-state index in [-0.39, 0.29) is 6.04 Å². The molecule has 0 aliphatic carbocycles. The minimum Gasteiger partial charge on any atom is -0.480 e. The van der Waals surface area contributed by atoms with Gasteiger partial charge in [0.2, 0.25) is 0 Å². The van der Waals surface area contributed by atoms with E-state index in [9.17, 15) is 4.79 Å².